The summed E-state index contributed by atoms with van der Waals surface area (Å²) < 4.78 is 27.3. The van der Waals surface area contributed by atoms with E-state index in [0.717, 1.165) is 38.7 Å². The molecule has 0 saturated carbocycles. The van der Waals surface area contributed by atoms with Crippen molar-refractivity contribution in [3.05, 3.63) is 103 Å². The van der Waals surface area contributed by atoms with Gasteiger partial charge in [0.05, 0.1) is 0 Å². The molecule has 37 heavy (non-hydrogen) atoms. The van der Waals surface area contributed by atoms with Crippen molar-refractivity contribution in [2.45, 2.75) is 18.4 Å². The first-order valence-corrected chi connectivity index (χ1v) is 19.0. The molecule has 2 aromatic heterocycles. The van der Waals surface area contributed by atoms with Crippen molar-refractivity contribution in [2.24, 2.45) is 7.05 Å². The van der Waals surface area contributed by atoms with E-state index in [2.05, 4.69) is 83.7 Å². The number of rotatable bonds is 2. The number of hydrogen-bond donors (Lipinski definition) is 0. The van der Waals surface area contributed by atoms with Gasteiger partial charge in [0, 0.05) is 6.07 Å². The normalized spacial score (nSPS) is 13.8. The number of aryl methyl sites for hydroxylation is 2. The van der Waals surface area contributed by atoms with Crippen LogP contribution in [0, 0.1) is 12.7 Å². The summed E-state index contributed by atoms with van der Waals surface area (Å²) in [6, 6.07) is 29.1. The molecule has 180 valence electrons. The third-order valence-corrected chi connectivity index (χ3v) is 15.6. The molecule has 1 aliphatic heterocycles. The van der Waals surface area contributed by atoms with Crippen molar-refractivity contribution in [3.8, 4) is 33.5 Å². The summed E-state index contributed by atoms with van der Waals surface area (Å²) in [4.78, 5) is 0. The van der Waals surface area contributed by atoms with Gasteiger partial charge < -0.3 is 0 Å². The van der Waals surface area contributed by atoms with Crippen molar-refractivity contribution in [3.63, 3.8) is 0 Å². The molecule has 0 N–H and O–H groups in total. The van der Waals surface area contributed by atoms with E-state index in [4.69, 9.17) is 4.42 Å². The predicted molar refractivity (Wildman–Crippen MR) is 153 cm³/mol. The Balaban J connectivity index is 1.52. The van der Waals surface area contributed by atoms with Gasteiger partial charge in [0.25, 0.3) is 0 Å². The van der Waals surface area contributed by atoms with E-state index < -0.39 is 13.3 Å². The number of aromatic nitrogens is 1. The van der Waals surface area contributed by atoms with Gasteiger partial charge in [0.15, 0.2) is 0 Å². The molecule has 7 rings (SSSR count). The fourth-order valence-corrected chi connectivity index (χ4v) is 12.7. The van der Waals surface area contributed by atoms with Gasteiger partial charge in [-0.25, -0.2) is 0 Å². The number of pyridine rings is 1. The van der Waals surface area contributed by atoms with Crippen molar-refractivity contribution in [1.82, 2.24) is 0 Å². The molecule has 0 bridgehead atoms. The average Bonchev–Trinajstić information content (AvgIpc) is 3.37. The molecule has 6 aromatic rings. The average molecular weight is 545 g/mol. The molecule has 0 aliphatic carbocycles. The number of fused-ring (bicyclic) bond motifs is 6. The fraction of sp³-hybridized carbons (Fsp3) is 0.121. The Labute approximate surface area is 218 Å². The van der Waals surface area contributed by atoms with Crippen LogP contribution in [0.1, 0.15) is 5.56 Å². The number of benzene rings is 4. The molecule has 4 aromatic carbocycles. The van der Waals surface area contributed by atoms with Crippen LogP contribution in [-0.4, -0.2) is 13.3 Å². The second-order valence-electron chi connectivity index (χ2n) is 10.7. The Morgan fingerprint density at radius 3 is 2.24 bits per heavy atom. The molecule has 0 unspecified atom stereocenters. The Kier molecular flexibility index (Phi) is 4.80. The monoisotopic (exact) mass is 546 g/mol. The van der Waals surface area contributed by atoms with E-state index in [1.54, 1.807) is 6.07 Å². The summed E-state index contributed by atoms with van der Waals surface area (Å²) >= 11 is -2.36. The van der Waals surface area contributed by atoms with Crippen LogP contribution in [0.2, 0.25) is 11.5 Å². The summed E-state index contributed by atoms with van der Waals surface area (Å²) in [5, 5.41) is 1.94. The maximum absolute atomic E-state index is 15.6. The number of nitrogens with zero attached hydrogens (tertiary/aromatic N) is 1. The van der Waals surface area contributed by atoms with Gasteiger partial charge in [0.2, 0.25) is 0 Å². The summed E-state index contributed by atoms with van der Waals surface area (Å²) in [6.07, 6.45) is 2.04. The van der Waals surface area contributed by atoms with E-state index in [1.165, 1.54) is 19.9 Å². The molecular formula is C33H27FGeNO+. The van der Waals surface area contributed by atoms with Gasteiger partial charge in [-0.1, -0.05) is 0 Å². The van der Waals surface area contributed by atoms with Crippen LogP contribution in [0.4, 0.5) is 4.39 Å². The van der Waals surface area contributed by atoms with Crippen molar-refractivity contribution < 1.29 is 13.4 Å². The maximum atomic E-state index is 15.6. The van der Waals surface area contributed by atoms with E-state index in [-0.39, 0.29) is 5.82 Å². The minimum absolute atomic E-state index is 0.262. The Bertz CT molecular complexity index is 1900. The Morgan fingerprint density at radius 2 is 1.43 bits per heavy atom. The molecular weight excluding hydrogens is 518 g/mol. The summed E-state index contributed by atoms with van der Waals surface area (Å²) in [5.74, 6) is 4.62. The van der Waals surface area contributed by atoms with Crippen LogP contribution < -0.4 is 13.4 Å². The van der Waals surface area contributed by atoms with Crippen molar-refractivity contribution in [2.75, 3.05) is 0 Å². The second-order valence-corrected chi connectivity index (χ2v) is 19.7. The zero-order chi connectivity index (χ0) is 25.5. The summed E-state index contributed by atoms with van der Waals surface area (Å²) in [7, 11) is 2.04. The van der Waals surface area contributed by atoms with Crippen LogP contribution in [0.5, 0.6) is 0 Å². The third-order valence-electron chi connectivity index (χ3n) is 8.15. The van der Waals surface area contributed by atoms with Gasteiger partial charge in [-0.2, -0.15) is 0 Å². The van der Waals surface area contributed by atoms with Crippen LogP contribution in [0.3, 0.4) is 0 Å². The van der Waals surface area contributed by atoms with Crippen LogP contribution in [-0.2, 0) is 7.05 Å². The molecule has 3 heterocycles. The number of halogens is 1. The molecule has 1 aliphatic rings. The van der Waals surface area contributed by atoms with Crippen molar-refractivity contribution >= 4 is 44.0 Å². The Hall–Kier alpha value is -3.70. The fourth-order valence-electron chi connectivity index (χ4n) is 6.22. The van der Waals surface area contributed by atoms with Gasteiger partial charge >= 0.3 is 213 Å². The molecule has 4 heteroatoms. The number of furan rings is 1. The first kappa shape index (κ1) is 22.5. The second kappa shape index (κ2) is 7.90. The SMILES string of the molecule is Cc1ccc2c(oc3c(-c4cc[c]5c(c4)-c4cccc[c]4[Ge]5([CH3])[CH3])c(F)ccc32)c1-c1cccc[n+]1C. The standard InChI is InChI=1S/C33H27FGeNO/c1-20-12-14-23-24-15-16-26(34)31(33(24)37-32(23)30(20)29-11-7-8-18-36(29)4)21-13-17-28-25(19-21)22-9-5-6-10-27(22)35(28,2)3/h5-19H,1-4H3/q+1. The predicted octanol–water partition coefficient (Wildman–Crippen LogP) is 7.00. The first-order chi connectivity index (χ1) is 17.9. The summed E-state index contributed by atoms with van der Waals surface area (Å²) in [5.41, 5.74) is 8.58. The van der Waals surface area contributed by atoms with Crippen LogP contribution >= 0.6 is 0 Å². The van der Waals surface area contributed by atoms with Crippen molar-refractivity contribution in [1.29, 1.82) is 0 Å². The topological polar surface area (TPSA) is 17.0 Å². The van der Waals surface area contributed by atoms with Gasteiger partial charge in [-0.05, 0) is 0 Å². The van der Waals surface area contributed by atoms with Gasteiger partial charge in [0.1, 0.15) is 0 Å². The molecule has 2 nitrogen and oxygen atoms in total. The van der Waals surface area contributed by atoms with Gasteiger partial charge in [-0.3, -0.25) is 0 Å². The zero-order valence-electron chi connectivity index (χ0n) is 21.4. The molecule has 0 atom stereocenters. The summed E-state index contributed by atoms with van der Waals surface area (Å²) in [6.45, 7) is 2.10. The van der Waals surface area contributed by atoms with Crippen LogP contribution in [0.25, 0.3) is 55.4 Å². The molecule has 0 radical (unpaired) electrons. The van der Waals surface area contributed by atoms with E-state index >= 15 is 4.39 Å². The first-order valence-electron chi connectivity index (χ1n) is 12.7. The Morgan fingerprint density at radius 1 is 0.730 bits per heavy atom. The van der Waals surface area contributed by atoms with Gasteiger partial charge in [-0.15, -0.1) is 0 Å². The minimum atomic E-state index is -2.36. The zero-order valence-corrected chi connectivity index (χ0v) is 23.5. The van der Waals surface area contributed by atoms with E-state index in [9.17, 15) is 0 Å². The van der Waals surface area contributed by atoms with Crippen LogP contribution in [0.15, 0.2) is 95.5 Å². The van der Waals surface area contributed by atoms with E-state index in [1.807, 2.05) is 31.4 Å². The van der Waals surface area contributed by atoms with E-state index in [0.29, 0.717) is 11.1 Å². The number of hydrogen-bond acceptors (Lipinski definition) is 1. The molecule has 0 fully saturated rings. The molecule has 0 spiro atoms. The quantitative estimate of drug-likeness (QED) is 0.169. The third kappa shape index (κ3) is 3.13. The molecule has 0 saturated heterocycles. The molecule has 0 amide bonds.